The maximum Gasteiger partial charge on any atom is 0.292 e. The maximum atomic E-state index is 13.9. The third-order valence-electron chi connectivity index (χ3n) is 3.47. The molecule has 0 spiro atoms. The molecule has 0 saturated carbocycles. The SMILES string of the molecule is CCNC(=O)CN(CC)c1cnn(-c2ccc(F)cc2F)c(=O)c1Cl. The van der Waals surface area contributed by atoms with Crippen LogP contribution in [0.5, 0.6) is 0 Å². The molecule has 1 aromatic heterocycles. The number of hydrogen-bond acceptors (Lipinski definition) is 4. The Kier molecular flexibility index (Phi) is 6.08. The molecule has 1 amide bonds. The van der Waals surface area contributed by atoms with Gasteiger partial charge in [-0.05, 0) is 26.0 Å². The third kappa shape index (κ3) is 4.14. The van der Waals surface area contributed by atoms with Gasteiger partial charge in [-0.25, -0.2) is 8.78 Å². The van der Waals surface area contributed by atoms with Crippen molar-refractivity contribution in [2.75, 3.05) is 24.5 Å². The number of halogens is 3. The van der Waals surface area contributed by atoms with Gasteiger partial charge in [0.1, 0.15) is 16.5 Å². The fourth-order valence-corrected chi connectivity index (χ4v) is 2.51. The minimum atomic E-state index is -0.937. The predicted molar refractivity (Wildman–Crippen MR) is 91.3 cm³/mol. The van der Waals surface area contributed by atoms with Crippen molar-refractivity contribution in [3.8, 4) is 5.69 Å². The zero-order chi connectivity index (χ0) is 18.6. The summed E-state index contributed by atoms with van der Waals surface area (Å²) in [4.78, 5) is 25.8. The topological polar surface area (TPSA) is 67.2 Å². The lowest BCUT2D eigenvalue weighted by atomic mass is 10.3. The number of carbonyl (C=O) groups excluding carboxylic acids is 1. The van der Waals surface area contributed by atoms with Crippen molar-refractivity contribution in [3.63, 3.8) is 0 Å². The second-order valence-electron chi connectivity index (χ2n) is 5.12. The van der Waals surface area contributed by atoms with Crippen molar-refractivity contribution in [1.29, 1.82) is 0 Å². The van der Waals surface area contributed by atoms with Crippen molar-refractivity contribution in [1.82, 2.24) is 15.1 Å². The van der Waals surface area contributed by atoms with Crippen molar-refractivity contribution < 1.29 is 13.6 Å². The Morgan fingerprint density at radius 2 is 2.08 bits per heavy atom. The molecule has 0 fully saturated rings. The summed E-state index contributed by atoms with van der Waals surface area (Å²) in [7, 11) is 0. The highest BCUT2D eigenvalue weighted by atomic mass is 35.5. The molecule has 2 aromatic rings. The van der Waals surface area contributed by atoms with E-state index in [0.29, 0.717) is 19.2 Å². The van der Waals surface area contributed by atoms with E-state index in [-0.39, 0.29) is 28.8 Å². The van der Waals surface area contributed by atoms with Crippen molar-refractivity contribution >= 4 is 23.2 Å². The highest BCUT2D eigenvalue weighted by Crippen LogP contribution is 2.22. The summed E-state index contributed by atoms with van der Waals surface area (Å²) in [5, 5.41) is 6.35. The zero-order valence-electron chi connectivity index (χ0n) is 13.7. The average molecular weight is 371 g/mol. The number of anilines is 1. The second-order valence-corrected chi connectivity index (χ2v) is 5.50. The lowest BCUT2D eigenvalue weighted by molar-refractivity contribution is -0.119. The van der Waals surface area contributed by atoms with Gasteiger partial charge in [-0.3, -0.25) is 9.59 Å². The van der Waals surface area contributed by atoms with Crippen molar-refractivity contribution in [3.05, 3.63) is 51.4 Å². The maximum absolute atomic E-state index is 13.9. The molecular weight excluding hydrogens is 354 g/mol. The van der Waals surface area contributed by atoms with Gasteiger partial charge in [0.05, 0.1) is 18.4 Å². The number of aromatic nitrogens is 2. The fourth-order valence-electron chi connectivity index (χ4n) is 2.26. The normalized spacial score (nSPS) is 10.6. The van der Waals surface area contributed by atoms with E-state index in [0.717, 1.165) is 16.8 Å². The van der Waals surface area contributed by atoms with Crippen LogP contribution in [0.25, 0.3) is 5.69 Å². The molecule has 1 N–H and O–H groups in total. The van der Waals surface area contributed by atoms with Gasteiger partial charge >= 0.3 is 0 Å². The van der Waals surface area contributed by atoms with Crippen LogP contribution in [0.4, 0.5) is 14.5 Å². The van der Waals surface area contributed by atoms with Gasteiger partial charge in [-0.15, -0.1) is 0 Å². The summed E-state index contributed by atoms with van der Waals surface area (Å²) in [5.41, 5.74) is -0.718. The van der Waals surface area contributed by atoms with E-state index < -0.39 is 17.2 Å². The van der Waals surface area contributed by atoms with Crippen molar-refractivity contribution in [2.24, 2.45) is 0 Å². The first-order valence-electron chi connectivity index (χ1n) is 7.63. The summed E-state index contributed by atoms with van der Waals surface area (Å²) in [6.07, 6.45) is 1.27. The van der Waals surface area contributed by atoms with Gasteiger partial charge in [-0.1, -0.05) is 11.6 Å². The molecule has 1 aromatic carbocycles. The standard InChI is InChI=1S/C16H17ClF2N4O2/c1-3-20-14(24)9-22(4-2)13-8-21-23(16(25)15(13)17)12-6-5-10(18)7-11(12)19/h5-8H,3-4,9H2,1-2H3,(H,20,24). The van der Waals surface area contributed by atoms with Crippen LogP contribution in [-0.2, 0) is 4.79 Å². The molecule has 0 saturated heterocycles. The van der Waals surface area contributed by atoms with E-state index in [1.807, 2.05) is 0 Å². The zero-order valence-corrected chi connectivity index (χ0v) is 14.5. The average Bonchev–Trinajstić information content (AvgIpc) is 2.56. The van der Waals surface area contributed by atoms with Crippen LogP contribution in [0.2, 0.25) is 5.02 Å². The van der Waals surface area contributed by atoms with Crippen LogP contribution in [-0.4, -0.2) is 35.3 Å². The Balaban J connectivity index is 2.42. The highest BCUT2D eigenvalue weighted by molar-refractivity contribution is 6.33. The molecule has 6 nitrogen and oxygen atoms in total. The number of rotatable bonds is 6. The Labute approximate surface area is 148 Å². The molecule has 0 aliphatic heterocycles. The minimum absolute atomic E-state index is 0.000102. The molecule has 2 rings (SSSR count). The van der Waals surface area contributed by atoms with E-state index in [1.165, 1.54) is 6.20 Å². The van der Waals surface area contributed by atoms with E-state index in [1.54, 1.807) is 18.7 Å². The molecule has 25 heavy (non-hydrogen) atoms. The van der Waals surface area contributed by atoms with Gasteiger partial charge < -0.3 is 10.2 Å². The number of nitrogens with zero attached hydrogens (tertiary/aromatic N) is 3. The summed E-state index contributed by atoms with van der Waals surface area (Å²) in [6, 6.07) is 2.77. The number of nitrogens with one attached hydrogen (secondary N) is 1. The first kappa shape index (κ1) is 18.9. The summed E-state index contributed by atoms with van der Waals surface area (Å²) in [6.45, 7) is 4.47. The molecule has 0 aliphatic rings. The van der Waals surface area contributed by atoms with Gasteiger partial charge in [0.25, 0.3) is 5.56 Å². The Morgan fingerprint density at radius 3 is 2.68 bits per heavy atom. The molecule has 1 heterocycles. The lowest BCUT2D eigenvalue weighted by Crippen LogP contribution is -2.38. The largest absolute Gasteiger partial charge is 0.360 e. The van der Waals surface area contributed by atoms with Crippen LogP contribution in [0.1, 0.15) is 13.8 Å². The monoisotopic (exact) mass is 370 g/mol. The summed E-state index contributed by atoms with van der Waals surface area (Å²) < 4.78 is 27.7. The first-order chi connectivity index (χ1) is 11.9. The first-order valence-corrected chi connectivity index (χ1v) is 8.01. The lowest BCUT2D eigenvalue weighted by Gasteiger charge is -2.23. The molecule has 9 heteroatoms. The Bertz CT molecular complexity index is 841. The third-order valence-corrected chi connectivity index (χ3v) is 3.82. The number of hydrogen-bond donors (Lipinski definition) is 1. The number of amides is 1. The Hall–Kier alpha value is -2.48. The number of carbonyl (C=O) groups is 1. The Morgan fingerprint density at radius 1 is 1.36 bits per heavy atom. The number of benzene rings is 1. The van der Waals surface area contributed by atoms with Crippen LogP contribution in [0, 0.1) is 11.6 Å². The van der Waals surface area contributed by atoms with Crippen LogP contribution >= 0.6 is 11.6 Å². The van der Waals surface area contributed by atoms with E-state index >= 15 is 0 Å². The molecular formula is C16H17ClF2N4O2. The van der Waals surface area contributed by atoms with Crippen LogP contribution in [0.15, 0.2) is 29.2 Å². The van der Waals surface area contributed by atoms with Gasteiger partial charge in [0.15, 0.2) is 5.82 Å². The van der Waals surface area contributed by atoms with Crippen LogP contribution < -0.4 is 15.8 Å². The minimum Gasteiger partial charge on any atom is -0.360 e. The highest BCUT2D eigenvalue weighted by Gasteiger charge is 2.18. The smallest absolute Gasteiger partial charge is 0.292 e. The fraction of sp³-hybridized carbons (Fsp3) is 0.312. The number of likely N-dealkylation sites (N-methyl/N-ethyl adjacent to an activating group) is 2. The molecule has 0 bridgehead atoms. The molecule has 0 unspecified atom stereocenters. The van der Waals surface area contributed by atoms with E-state index in [4.69, 9.17) is 11.6 Å². The van der Waals surface area contributed by atoms with E-state index in [9.17, 15) is 18.4 Å². The summed E-state index contributed by atoms with van der Waals surface area (Å²) >= 11 is 6.12. The van der Waals surface area contributed by atoms with Gasteiger partial charge in [-0.2, -0.15) is 9.78 Å². The van der Waals surface area contributed by atoms with Crippen LogP contribution in [0.3, 0.4) is 0 Å². The van der Waals surface area contributed by atoms with Crippen molar-refractivity contribution in [2.45, 2.75) is 13.8 Å². The second kappa shape index (κ2) is 8.06. The predicted octanol–water partition coefficient (Wildman–Crippen LogP) is 2.13. The van der Waals surface area contributed by atoms with Gasteiger partial charge in [0, 0.05) is 19.2 Å². The quantitative estimate of drug-likeness (QED) is 0.846. The molecule has 134 valence electrons. The molecule has 0 aliphatic carbocycles. The van der Waals surface area contributed by atoms with E-state index in [2.05, 4.69) is 10.4 Å². The summed E-state index contributed by atoms with van der Waals surface area (Å²) in [5.74, 6) is -1.93. The molecule has 0 atom stereocenters. The van der Waals surface area contributed by atoms with Gasteiger partial charge in [0.2, 0.25) is 5.91 Å². The molecule has 0 radical (unpaired) electrons.